The van der Waals surface area contributed by atoms with Gasteiger partial charge in [0.1, 0.15) is 11.9 Å². The van der Waals surface area contributed by atoms with Crippen molar-refractivity contribution in [2.45, 2.75) is 19.1 Å². The summed E-state index contributed by atoms with van der Waals surface area (Å²) in [5, 5.41) is 7.07. The molecule has 134 valence electrons. The second-order valence-electron chi connectivity index (χ2n) is 5.95. The highest BCUT2D eigenvalue weighted by molar-refractivity contribution is 5.94. The first kappa shape index (κ1) is 17.8. The molecule has 0 spiro atoms. The molecule has 3 rings (SSSR count). The highest BCUT2D eigenvalue weighted by Gasteiger charge is 2.24. The maximum atomic E-state index is 14.0. The van der Waals surface area contributed by atoms with Gasteiger partial charge in [0.25, 0.3) is 5.91 Å². The fraction of sp³-hybridized carbons (Fsp3) is 0.200. The van der Waals surface area contributed by atoms with Gasteiger partial charge in [-0.3, -0.25) is 4.79 Å². The molecule has 0 saturated carbocycles. The van der Waals surface area contributed by atoms with Crippen molar-refractivity contribution in [3.8, 4) is 5.69 Å². The highest BCUT2D eigenvalue weighted by atomic mass is 19.1. The molecule has 2 atom stereocenters. The number of methoxy groups -OCH3 is 1. The zero-order valence-corrected chi connectivity index (χ0v) is 14.6. The molecule has 1 amide bonds. The van der Waals surface area contributed by atoms with Crippen LogP contribution in [0.15, 0.2) is 67.0 Å². The molecule has 3 aromatic rings. The van der Waals surface area contributed by atoms with Crippen LogP contribution in [-0.2, 0) is 4.74 Å². The average Bonchev–Trinajstić information content (AvgIpc) is 3.15. The van der Waals surface area contributed by atoms with Gasteiger partial charge in [0.15, 0.2) is 0 Å². The summed E-state index contributed by atoms with van der Waals surface area (Å²) in [4.78, 5) is 12.5. The zero-order valence-electron chi connectivity index (χ0n) is 14.6. The molecule has 0 aliphatic heterocycles. The van der Waals surface area contributed by atoms with E-state index < -0.39 is 12.1 Å². The molecule has 26 heavy (non-hydrogen) atoms. The summed E-state index contributed by atoms with van der Waals surface area (Å²) in [6, 6.07) is 15.5. The molecule has 0 saturated heterocycles. The number of amides is 1. The number of para-hydroxylation sites is 1. The van der Waals surface area contributed by atoms with Crippen molar-refractivity contribution in [1.82, 2.24) is 15.1 Å². The SMILES string of the molecule is CO[C@H](c1ccccc1F)[C@H](C)NC(=O)c1cnn(-c2ccccc2)c1. The standard InChI is InChI=1S/C20H20FN3O2/c1-14(19(26-2)17-10-6-7-11-18(17)21)23-20(25)15-12-22-24(13-15)16-8-4-3-5-9-16/h3-14,19H,1-2H3,(H,23,25)/t14-,19-/m0/s1. The van der Waals surface area contributed by atoms with Gasteiger partial charge in [-0.2, -0.15) is 5.10 Å². The Balaban J connectivity index is 1.73. The number of hydrogen-bond donors (Lipinski definition) is 1. The van der Waals surface area contributed by atoms with Crippen LogP contribution in [0.3, 0.4) is 0 Å². The first-order valence-electron chi connectivity index (χ1n) is 8.28. The molecule has 0 radical (unpaired) electrons. The number of ether oxygens (including phenoxy) is 1. The van der Waals surface area contributed by atoms with Crippen LogP contribution < -0.4 is 5.32 Å². The Bertz CT molecular complexity index is 880. The molecule has 2 aromatic carbocycles. The van der Waals surface area contributed by atoms with Crippen molar-refractivity contribution in [1.29, 1.82) is 0 Å². The van der Waals surface area contributed by atoms with Crippen LogP contribution >= 0.6 is 0 Å². The molecule has 1 aromatic heterocycles. The third kappa shape index (κ3) is 3.81. The Labute approximate surface area is 151 Å². The van der Waals surface area contributed by atoms with E-state index in [4.69, 9.17) is 4.74 Å². The van der Waals surface area contributed by atoms with E-state index in [0.29, 0.717) is 11.1 Å². The molecule has 5 nitrogen and oxygen atoms in total. The third-order valence-corrected chi connectivity index (χ3v) is 4.14. The minimum atomic E-state index is -0.593. The van der Waals surface area contributed by atoms with Crippen molar-refractivity contribution in [2.24, 2.45) is 0 Å². The molecule has 0 aliphatic carbocycles. The number of rotatable bonds is 6. The van der Waals surface area contributed by atoms with Gasteiger partial charge >= 0.3 is 0 Å². The fourth-order valence-electron chi connectivity index (χ4n) is 2.83. The van der Waals surface area contributed by atoms with Gasteiger partial charge in [-0.1, -0.05) is 36.4 Å². The van der Waals surface area contributed by atoms with Crippen LogP contribution in [0, 0.1) is 5.82 Å². The monoisotopic (exact) mass is 353 g/mol. The maximum Gasteiger partial charge on any atom is 0.254 e. The molecule has 0 fully saturated rings. The largest absolute Gasteiger partial charge is 0.375 e. The van der Waals surface area contributed by atoms with Crippen LogP contribution in [0.1, 0.15) is 28.9 Å². The van der Waals surface area contributed by atoms with E-state index >= 15 is 0 Å². The number of aromatic nitrogens is 2. The van der Waals surface area contributed by atoms with E-state index in [-0.39, 0.29) is 11.7 Å². The number of carbonyl (C=O) groups excluding carboxylic acids is 1. The van der Waals surface area contributed by atoms with Gasteiger partial charge in [0.05, 0.1) is 23.5 Å². The van der Waals surface area contributed by atoms with Crippen molar-refractivity contribution < 1.29 is 13.9 Å². The zero-order chi connectivity index (χ0) is 18.5. The van der Waals surface area contributed by atoms with Gasteiger partial charge in [0, 0.05) is 18.9 Å². The lowest BCUT2D eigenvalue weighted by molar-refractivity contribution is 0.0625. The Kier molecular flexibility index (Phi) is 5.43. The molecular formula is C20H20FN3O2. The van der Waals surface area contributed by atoms with E-state index in [1.54, 1.807) is 36.0 Å². The molecule has 1 heterocycles. The van der Waals surface area contributed by atoms with Gasteiger partial charge in [0.2, 0.25) is 0 Å². The predicted octanol–water partition coefficient (Wildman–Crippen LogP) is 3.52. The van der Waals surface area contributed by atoms with Gasteiger partial charge in [-0.15, -0.1) is 0 Å². The Morgan fingerprint density at radius 3 is 2.54 bits per heavy atom. The van der Waals surface area contributed by atoms with E-state index in [1.165, 1.54) is 19.4 Å². The van der Waals surface area contributed by atoms with Crippen LogP contribution in [0.2, 0.25) is 0 Å². The lowest BCUT2D eigenvalue weighted by Crippen LogP contribution is -2.38. The minimum absolute atomic E-state index is 0.293. The average molecular weight is 353 g/mol. The van der Waals surface area contributed by atoms with Gasteiger partial charge < -0.3 is 10.1 Å². The topological polar surface area (TPSA) is 56.1 Å². The molecular weight excluding hydrogens is 333 g/mol. The molecule has 1 N–H and O–H groups in total. The first-order chi connectivity index (χ1) is 12.6. The quantitative estimate of drug-likeness (QED) is 0.738. The van der Waals surface area contributed by atoms with Crippen LogP contribution in [0.4, 0.5) is 4.39 Å². The van der Waals surface area contributed by atoms with Crippen LogP contribution in [0.5, 0.6) is 0 Å². The number of nitrogens with one attached hydrogen (secondary N) is 1. The lowest BCUT2D eigenvalue weighted by Gasteiger charge is -2.24. The van der Waals surface area contributed by atoms with Crippen LogP contribution in [-0.4, -0.2) is 28.8 Å². The summed E-state index contributed by atoms with van der Waals surface area (Å²) in [6.45, 7) is 1.78. The highest BCUT2D eigenvalue weighted by Crippen LogP contribution is 2.23. The summed E-state index contributed by atoms with van der Waals surface area (Å²) < 4.78 is 21.1. The number of nitrogens with zero attached hydrogens (tertiary/aromatic N) is 2. The lowest BCUT2D eigenvalue weighted by atomic mass is 10.0. The Morgan fingerprint density at radius 2 is 1.85 bits per heavy atom. The molecule has 0 unspecified atom stereocenters. The van der Waals surface area contributed by atoms with Crippen LogP contribution in [0.25, 0.3) is 5.69 Å². The number of benzene rings is 2. The van der Waals surface area contributed by atoms with E-state index in [2.05, 4.69) is 10.4 Å². The summed E-state index contributed by atoms with van der Waals surface area (Å²) in [5.74, 6) is -0.657. The van der Waals surface area contributed by atoms with Crippen molar-refractivity contribution in [3.05, 3.63) is 83.9 Å². The number of hydrogen-bond acceptors (Lipinski definition) is 3. The first-order valence-corrected chi connectivity index (χ1v) is 8.28. The summed E-state index contributed by atoms with van der Waals surface area (Å²) in [7, 11) is 1.49. The molecule has 0 aliphatic rings. The fourth-order valence-corrected chi connectivity index (χ4v) is 2.83. The van der Waals surface area contributed by atoms with Gasteiger partial charge in [-0.25, -0.2) is 9.07 Å². The smallest absolute Gasteiger partial charge is 0.254 e. The summed E-state index contributed by atoms with van der Waals surface area (Å²) >= 11 is 0. The van der Waals surface area contributed by atoms with Crippen molar-refractivity contribution in [2.75, 3.05) is 7.11 Å². The summed E-state index contributed by atoms with van der Waals surface area (Å²) in [6.07, 6.45) is 2.56. The third-order valence-electron chi connectivity index (χ3n) is 4.14. The maximum absolute atomic E-state index is 14.0. The van der Waals surface area contributed by atoms with E-state index in [9.17, 15) is 9.18 Å². The van der Waals surface area contributed by atoms with E-state index in [1.807, 2.05) is 30.3 Å². The second kappa shape index (κ2) is 7.93. The minimum Gasteiger partial charge on any atom is -0.375 e. The van der Waals surface area contributed by atoms with Crippen molar-refractivity contribution >= 4 is 5.91 Å². The number of carbonyl (C=O) groups is 1. The molecule has 6 heteroatoms. The summed E-state index contributed by atoms with van der Waals surface area (Å²) in [5.41, 5.74) is 1.69. The van der Waals surface area contributed by atoms with Gasteiger partial charge in [-0.05, 0) is 25.1 Å². The second-order valence-corrected chi connectivity index (χ2v) is 5.95. The number of halogens is 1. The normalized spacial score (nSPS) is 13.2. The van der Waals surface area contributed by atoms with Crippen molar-refractivity contribution in [3.63, 3.8) is 0 Å². The molecule has 0 bridgehead atoms. The Hall–Kier alpha value is -2.99. The Morgan fingerprint density at radius 1 is 1.15 bits per heavy atom. The van der Waals surface area contributed by atoms with E-state index in [0.717, 1.165) is 5.69 Å². The predicted molar refractivity (Wildman–Crippen MR) is 96.6 cm³/mol.